The Labute approximate surface area is 153 Å². The third kappa shape index (κ3) is 5.04. The molecule has 2 aromatic carbocycles. The predicted octanol–water partition coefficient (Wildman–Crippen LogP) is 3.29. The zero-order valence-corrected chi connectivity index (χ0v) is 16.0. The summed E-state index contributed by atoms with van der Waals surface area (Å²) in [5, 5.41) is 0.160. The van der Waals surface area contributed by atoms with Gasteiger partial charge in [0, 0.05) is 25.7 Å². The molecule has 0 aliphatic carbocycles. The first-order valence-electron chi connectivity index (χ1n) is 7.81. The summed E-state index contributed by atoms with van der Waals surface area (Å²) in [6.07, 6.45) is 0. The van der Waals surface area contributed by atoms with Crippen molar-refractivity contribution in [3.8, 4) is 0 Å². The number of benzene rings is 2. The molecule has 0 aliphatic heterocycles. The lowest BCUT2D eigenvalue weighted by Gasteiger charge is -2.22. The Morgan fingerprint density at radius 1 is 1.12 bits per heavy atom. The molecular formula is C18H21ClN2O3S. The number of aryl methyl sites for hydroxylation is 2. The second kappa shape index (κ2) is 7.99. The molecule has 0 unspecified atom stereocenters. The first-order chi connectivity index (χ1) is 11.7. The third-order valence-electron chi connectivity index (χ3n) is 3.65. The third-order valence-corrected chi connectivity index (χ3v) is 5.61. The average Bonchev–Trinajstić information content (AvgIpc) is 2.50. The van der Waals surface area contributed by atoms with Crippen LogP contribution in [0.15, 0.2) is 47.4 Å². The molecule has 0 atom stereocenters. The number of halogens is 1. The van der Waals surface area contributed by atoms with Crippen molar-refractivity contribution in [2.75, 3.05) is 18.0 Å². The normalized spacial score (nSPS) is 11.4. The Balaban J connectivity index is 2.12. The van der Waals surface area contributed by atoms with E-state index in [-0.39, 0.29) is 28.9 Å². The minimum absolute atomic E-state index is 0.0254. The van der Waals surface area contributed by atoms with Gasteiger partial charge in [0.2, 0.25) is 15.9 Å². The summed E-state index contributed by atoms with van der Waals surface area (Å²) in [5.74, 6) is -0.151. The number of carbonyl (C=O) groups excluding carboxylic acids is 1. The van der Waals surface area contributed by atoms with Gasteiger partial charge in [0.1, 0.15) is 4.90 Å². The van der Waals surface area contributed by atoms with Gasteiger partial charge >= 0.3 is 0 Å². The minimum Gasteiger partial charge on any atom is -0.311 e. The van der Waals surface area contributed by atoms with Gasteiger partial charge in [-0.2, -0.15) is 0 Å². The van der Waals surface area contributed by atoms with Crippen LogP contribution in [0.25, 0.3) is 0 Å². The van der Waals surface area contributed by atoms with Crippen molar-refractivity contribution in [2.24, 2.45) is 0 Å². The molecule has 5 nitrogen and oxygen atoms in total. The summed E-state index contributed by atoms with van der Waals surface area (Å²) >= 11 is 5.95. The fraction of sp³-hybridized carbons (Fsp3) is 0.278. The molecule has 0 heterocycles. The number of rotatable bonds is 6. The van der Waals surface area contributed by atoms with E-state index in [2.05, 4.69) is 4.72 Å². The van der Waals surface area contributed by atoms with E-state index in [1.807, 2.05) is 32.0 Å². The maximum absolute atomic E-state index is 12.4. The molecular weight excluding hydrogens is 360 g/mol. The Hall–Kier alpha value is -1.89. The summed E-state index contributed by atoms with van der Waals surface area (Å²) in [6, 6.07) is 12.1. The molecule has 0 aliphatic rings. The SMILES string of the molecule is CC(=O)N(CCNS(=O)(=O)c1ccccc1Cl)c1cc(C)cc(C)c1. The van der Waals surface area contributed by atoms with Crippen molar-refractivity contribution in [3.63, 3.8) is 0 Å². The van der Waals surface area contributed by atoms with Gasteiger partial charge < -0.3 is 4.90 Å². The summed E-state index contributed by atoms with van der Waals surface area (Å²) < 4.78 is 27.2. The molecule has 134 valence electrons. The molecule has 0 radical (unpaired) electrons. The number of nitrogens with zero attached hydrogens (tertiary/aromatic N) is 1. The number of sulfonamides is 1. The van der Waals surface area contributed by atoms with E-state index < -0.39 is 10.0 Å². The van der Waals surface area contributed by atoms with Gasteiger partial charge in [0.05, 0.1) is 5.02 Å². The topological polar surface area (TPSA) is 66.5 Å². The van der Waals surface area contributed by atoms with E-state index in [0.29, 0.717) is 0 Å². The van der Waals surface area contributed by atoms with Crippen molar-refractivity contribution in [2.45, 2.75) is 25.7 Å². The fourth-order valence-electron chi connectivity index (χ4n) is 2.61. The number of amides is 1. The molecule has 2 rings (SSSR count). The van der Waals surface area contributed by atoms with E-state index in [4.69, 9.17) is 11.6 Å². The quantitative estimate of drug-likeness (QED) is 0.836. The van der Waals surface area contributed by atoms with Crippen LogP contribution in [0.2, 0.25) is 5.02 Å². The molecule has 1 N–H and O–H groups in total. The van der Waals surface area contributed by atoms with Crippen LogP contribution in [0.1, 0.15) is 18.1 Å². The fourth-order valence-corrected chi connectivity index (χ4v) is 4.15. The van der Waals surface area contributed by atoms with Crippen LogP contribution in [0.5, 0.6) is 0 Å². The lowest BCUT2D eigenvalue weighted by molar-refractivity contribution is -0.116. The van der Waals surface area contributed by atoms with Gasteiger partial charge in [0.25, 0.3) is 0 Å². The number of anilines is 1. The Kier molecular flexibility index (Phi) is 6.21. The maximum atomic E-state index is 12.4. The monoisotopic (exact) mass is 380 g/mol. The smallest absolute Gasteiger partial charge is 0.242 e. The largest absolute Gasteiger partial charge is 0.311 e. The zero-order chi connectivity index (χ0) is 18.6. The van der Waals surface area contributed by atoms with Crippen molar-refractivity contribution < 1.29 is 13.2 Å². The summed E-state index contributed by atoms with van der Waals surface area (Å²) in [7, 11) is -3.73. The van der Waals surface area contributed by atoms with Crippen LogP contribution in [0.4, 0.5) is 5.69 Å². The van der Waals surface area contributed by atoms with E-state index in [9.17, 15) is 13.2 Å². The van der Waals surface area contributed by atoms with Crippen LogP contribution < -0.4 is 9.62 Å². The van der Waals surface area contributed by atoms with E-state index in [1.54, 1.807) is 17.0 Å². The van der Waals surface area contributed by atoms with Crippen molar-refractivity contribution in [3.05, 3.63) is 58.6 Å². The highest BCUT2D eigenvalue weighted by molar-refractivity contribution is 7.89. The Bertz CT molecular complexity index is 861. The molecule has 0 fully saturated rings. The highest BCUT2D eigenvalue weighted by atomic mass is 35.5. The van der Waals surface area contributed by atoms with Crippen molar-refractivity contribution in [1.29, 1.82) is 0 Å². The highest BCUT2D eigenvalue weighted by Gasteiger charge is 2.18. The van der Waals surface area contributed by atoms with Crippen LogP contribution in [-0.2, 0) is 14.8 Å². The highest BCUT2D eigenvalue weighted by Crippen LogP contribution is 2.21. The molecule has 0 aromatic heterocycles. The molecule has 0 bridgehead atoms. The van der Waals surface area contributed by atoms with Crippen LogP contribution in [-0.4, -0.2) is 27.4 Å². The zero-order valence-electron chi connectivity index (χ0n) is 14.4. The van der Waals surface area contributed by atoms with E-state index in [1.165, 1.54) is 19.1 Å². The molecule has 0 saturated carbocycles. The van der Waals surface area contributed by atoms with Crippen LogP contribution in [0, 0.1) is 13.8 Å². The summed E-state index contributed by atoms with van der Waals surface area (Å²) in [4.78, 5) is 13.6. The number of nitrogens with one attached hydrogen (secondary N) is 1. The number of hydrogen-bond donors (Lipinski definition) is 1. The molecule has 2 aromatic rings. The number of hydrogen-bond acceptors (Lipinski definition) is 3. The first kappa shape index (κ1) is 19.4. The second-order valence-corrected chi connectivity index (χ2v) is 7.99. The van der Waals surface area contributed by atoms with Gasteiger partial charge in [-0.3, -0.25) is 4.79 Å². The lowest BCUT2D eigenvalue weighted by Crippen LogP contribution is -2.37. The van der Waals surface area contributed by atoms with Gasteiger partial charge in [-0.05, 0) is 49.2 Å². The predicted molar refractivity (Wildman–Crippen MR) is 101 cm³/mol. The van der Waals surface area contributed by atoms with E-state index >= 15 is 0 Å². The van der Waals surface area contributed by atoms with Crippen LogP contribution >= 0.6 is 11.6 Å². The minimum atomic E-state index is -3.73. The van der Waals surface area contributed by atoms with Crippen molar-refractivity contribution >= 4 is 33.2 Å². The number of carbonyl (C=O) groups is 1. The average molecular weight is 381 g/mol. The standard InChI is InChI=1S/C18H21ClN2O3S/c1-13-10-14(2)12-16(11-13)21(15(3)22)9-8-20-25(23,24)18-7-5-4-6-17(18)19/h4-7,10-12,20H,8-9H2,1-3H3. The molecule has 1 amide bonds. The van der Waals surface area contributed by atoms with Crippen LogP contribution in [0.3, 0.4) is 0 Å². The second-order valence-electron chi connectivity index (χ2n) is 5.84. The van der Waals surface area contributed by atoms with Gasteiger partial charge in [-0.25, -0.2) is 13.1 Å². The van der Waals surface area contributed by atoms with E-state index in [0.717, 1.165) is 16.8 Å². The lowest BCUT2D eigenvalue weighted by atomic mass is 10.1. The molecule has 0 spiro atoms. The Morgan fingerprint density at radius 3 is 2.28 bits per heavy atom. The molecule has 0 saturated heterocycles. The van der Waals surface area contributed by atoms with Gasteiger partial charge in [-0.15, -0.1) is 0 Å². The molecule has 25 heavy (non-hydrogen) atoms. The van der Waals surface area contributed by atoms with Gasteiger partial charge in [-0.1, -0.05) is 29.8 Å². The summed E-state index contributed by atoms with van der Waals surface area (Å²) in [5.41, 5.74) is 2.83. The van der Waals surface area contributed by atoms with Crippen molar-refractivity contribution in [1.82, 2.24) is 4.72 Å². The van der Waals surface area contributed by atoms with Gasteiger partial charge in [0.15, 0.2) is 0 Å². The Morgan fingerprint density at radius 2 is 1.72 bits per heavy atom. The maximum Gasteiger partial charge on any atom is 0.242 e. The first-order valence-corrected chi connectivity index (χ1v) is 9.67. The molecule has 7 heteroatoms. The summed E-state index contributed by atoms with van der Waals surface area (Å²) in [6.45, 7) is 5.67.